The van der Waals surface area contributed by atoms with Crippen LogP contribution in [0.4, 0.5) is 13.2 Å². The Bertz CT molecular complexity index is 772. The van der Waals surface area contributed by atoms with Crippen molar-refractivity contribution >= 4 is 23.8 Å². The summed E-state index contributed by atoms with van der Waals surface area (Å²) in [7, 11) is 0. The SMILES string of the molecule is C=CCN[C@@H](C)C(=O)N[C@H](CCC(=O)OCc1ccccc1)C(N)=O.O=C(O)C(F)(F)F. The molecule has 0 saturated heterocycles. The summed E-state index contributed by atoms with van der Waals surface area (Å²) in [4.78, 5) is 44.2. The number of hydrogen-bond acceptors (Lipinski definition) is 6. The summed E-state index contributed by atoms with van der Waals surface area (Å²) in [5.41, 5.74) is 6.17. The summed E-state index contributed by atoms with van der Waals surface area (Å²) in [6, 6.07) is 7.83. The van der Waals surface area contributed by atoms with Crippen LogP contribution in [0.2, 0.25) is 0 Å². The lowest BCUT2D eigenvalue weighted by Gasteiger charge is -2.18. The van der Waals surface area contributed by atoms with Gasteiger partial charge in [-0.15, -0.1) is 6.58 Å². The maximum atomic E-state index is 12.0. The number of rotatable bonds is 11. The zero-order valence-electron chi connectivity index (χ0n) is 17.4. The van der Waals surface area contributed by atoms with E-state index in [4.69, 9.17) is 20.4 Å². The molecule has 2 amide bonds. The van der Waals surface area contributed by atoms with Crippen LogP contribution < -0.4 is 16.4 Å². The highest BCUT2D eigenvalue weighted by molar-refractivity contribution is 5.89. The summed E-state index contributed by atoms with van der Waals surface area (Å²) in [6.45, 7) is 5.83. The number of carboxylic acids is 1. The number of aliphatic carboxylic acids is 1. The van der Waals surface area contributed by atoms with Gasteiger partial charge in [-0.05, 0) is 18.9 Å². The molecule has 1 aromatic carbocycles. The van der Waals surface area contributed by atoms with E-state index >= 15 is 0 Å². The third-order valence-electron chi connectivity index (χ3n) is 3.74. The normalized spacial score (nSPS) is 12.4. The number of benzene rings is 1. The number of nitrogens with one attached hydrogen (secondary N) is 2. The van der Waals surface area contributed by atoms with Crippen molar-refractivity contribution in [1.82, 2.24) is 10.6 Å². The predicted molar refractivity (Wildman–Crippen MR) is 108 cm³/mol. The molecular formula is C20H26F3N3O6. The third kappa shape index (κ3) is 13.0. The van der Waals surface area contributed by atoms with Gasteiger partial charge < -0.3 is 26.2 Å². The standard InChI is InChI=1S/C18H25N3O4.C2HF3O2/c1-3-11-20-13(2)18(24)21-15(17(19)23)9-10-16(22)25-12-14-7-5-4-6-8-14;3-2(4,5)1(6)7/h3-8,13,15,20H,1,9-12H2,2H3,(H2,19,23)(H,21,24);(H,6,7)/t13-,15+;/m0./s1. The number of nitrogens with two attached hydrogens (primary N) is 1. The number of amides is 2. The van der Waals surface area contributed by atoms with Gasteiger partial charge in [0.05, 0.1) is 6.04 Å². The average Bonchev–Trinajstić information content (AvgIpc) is 2.73. The van der Waals surface area contributed by atoms with E-state index in [0.29, 0.717) is 6.54 Å². The monoisotopic (exact) mass is 461 g/mol. The summed E-state index contributed by atoms with van der Waals surface area (Å²) < 4.78 is 36.9. The first-order valence-corrected chi connectivity index (χ1v) is 9.32. The fourth-order valence-electron chi connectivity index (χ4n) is 2.01. The molecule has 0 fully saturated rings. The van der Waals surface area contributed by atoms with E-state index in [2.05, 4.69) is 17.2 Å². The van der Waals surface area contributed by atoms with E-state index in [9.17, 15) is 27.6 Å². The predicted octanol–water partition coefficient (Wildman–Crippen LogP) is 1.28. The van der Waals surface area contributed by atoms with Crippen LogP contribution in [0.5, 0.6) is 0 Å². The summed E-state index contributed by atoms with van der Waals surface area (Å²) in [5, 5.41) is 12.6. The Morgan fingerprint density at radius 2 is 1.78 bits per heavy atom. The van der Waals surface area contributed by atoms with Crippen LogP contribution in [0.1, 0.15) is 25.3 Å². The van der Waals surface area contributed by atoms with Crippen molar-refractivity contribution in [3.63, 3.8) is 0 Å². The number of carbonyl (C=O) groups is 4. The largest absolute Gasteiger partial charge is 0.490 e. The Morgan fingerprint density at radius 1 is 1.22 bits per heavy atom. The Labute approximate surface area is 182 Å². The molecule has 0 aliphatic carbocycles. The first-order chi connectivity index (χ1) is 14.9. The van der Waals surface area contributed by atoms with Crippen LogP contribution in [0.3, 0.4) is 0 Å². The fraction of sp³-hybridized carbons (Fsp3) is 0.400. The van der Waals surface area contributed by atoms with Crippen molar-refractivity contribution in [1.29, 1.82) is 0 Å². The van der Waals surface area contributed by atoms with Gasteiger partial charge in [0, 0.05) is 13.0 Å². The molecule has 0 spiro atoms. The lowest BCUT2D eigenvalue weighted by Crippen LogP contribution is -2.51. The van der Waals surface area contributed by atoms with Crippen molar-refractivity contribution in [2.45, 2.75) is 44.6 Å². The summed E-state index contributed by atoms with van der Waals surface area (Å²) in [5.74, 6) is -4.28. The van der Waals surface area contributed by atoms with Crippen LogP contribution in [0.15, 0.2) is 43.0 Å². The highest BCUT2D eigenvalue weighted by Crippen LogP contribution is 2.13. The number of alkyl halides is 3. The third-order valence-corrected chi connectivity index (χ3v) is 3.74. The number of primary amides is 1. The molecule has 0 heterocycles. The molecule has 1 aromatic rings. The molecule has 12 heteroatoms. The molecule has 0 radical (unpaired) electrons. The van der Waals surface area contributed by atoms with Crippen molar-refractivity contribution in [2.75, 3.05) is 6.54 Å². The van der Waals surface area contributed by atoms with Crippen molar-refractivity contribution in [2.24, 2.45) is 5.73 Å². The van der Waals surface area contributed by atoms with Crippen LogP contribution >= 0.6 is 0 Å². The quantitative estimate of drug-likeness (QED) is 0.287. The maximum absolute atomic E-state index is 12.0. The van der Waals surface area contributed by atoms with Crippen LogP contribution in [-0.4, -0.2) is 53.7 Å². The van der Waals surface area contributed by atoms with Crippen molar-refractivity contribution in [3.05, 3.63) is 48.6 Å². The number of halogens is 3. The minimum absolute atomic E-state index is 0.0187. The van der Waals surface area contributed by atoms with E-state index in [-0.39, 0.29) is 25.4 Å². The van der Waals surface area contributed by atoms with Crippen LogP contribution in [-0.2, 0) is 30.5 Å². The lowest BCUT2D eigenvalue weighted by atomic mass is 10.1. The smallest absolute Gasteiger partial charge is 0.475 e. The molecule has 0 aliphatic rings. The van der Waals surface area contributed by atoms with Gasteiger partial charge in [0.2, 0.25) is 11.8 Å². The van der Waals surface area contributed by atoms with Gasteiger partial charge in [-0.1, -0.05) is 36.4 Å². The number of carbonyl (C=O) groups excluding carboxylic acids is 3. The van der Waals surface area contributed by atoms with Gasteiger partial charge in [-0.25, -0.2) is 4.79 Å². The highest BCUT2D eigenvalue weighted by atomic mass is 19.4. The molecule has 2 atom stereocenters. The van der Waals surface area contributed by atoms with Gasteiger partial charge in [-0.2, -0.15) is 13.2 Å². The van der Waals surface area contributed by atoms with E-state index in [0.717, 1.165) is 5.56 Å². The molecule has 32 heavy (non-hydrogen) atoms. The summed E-state index contributed by atoms with van der Waals surface area (Å²) >= 11 is 0. The minimum atomic E-state index is -5.08. The highest BCUT2D eigenvalue weighted by Gasteiger charge is 2.38. The van der Waals surface area contributed by atoms with Gasteiger partial charge in [-0.3, -0.25) is 14.4 Å². The topological polar surface area (TPSA) is 148 Å². The first kappa shape index (κ1) is 28.6. The molecule has 1 rings (SSSR count). The molecule has 5 N–H and O–H groups in total. The molecule has 178 valence electrons. The molecule has 0 saturated carbocycles. The Morgan fingerprint density at radius 3 is 2.25 bits per heavy atom. The molecule has 0 aromatic heterocycles. The van der Waals surface area contributed by atoms with Gasteiger partial charge in [0.25, 0.3) is 0 Å². The second kappa shape index (κ2) is 14.6. The second-order valence-electron chi connectivity index (χ2n) is 6.37. The molecule has 9 nitrogen and oxygen atoms in total. The van der Waals surface area contributed by atoms with E-state index in [1.165, 1.54) is 0 Å². The zero-order chi connectivity index (χ0) is 24.7. The maximum Gasteiger partial charge on any atom is 0.490 e. The van der Waals surface area contributed by atoms with E-state index < -0.39 is 36.1 Å². The summed E-state index contributed by atoms with van der Waals surface area (Å²) in [6.07, 6.45) is -3.39. The Kier molecular flexibility index (Phi) is 13.0. The first-order valence-electron chi connectivity index (χ1n) is 9.32. The Hall–Kier alpha value is -3.41. The molecule has 0 unspecified atom stereocenters. The van der Waals surface area contributed by atoms with E-state index in [1.807, 2.05) is 30.3 Å². The number of carboxylic acid groups (broad SMARTS) is 1. The van der Waals surface area contributed by atoms with Gasteiger partial charge in [0.1, 0.15) is 12.6 Å². The molecule has 0 aliphatic heterocycles. The Balaban J connectivity index is 0.00000118. The number of hydrogen-bond donors (Lipinski definition) is 4. The van der Waals surface area contributed by atoms with Crippen LogP contribution in [0, 0.1) is 0 Å². The molecule has 0 bridgehead atoms. The number of esters is 1. The minimum Gasteiger partial charge on any atom is -0.475 e. The second-order valence-corrected chi connectivity index (χ2v) is 6.37. The zero-order valence-corrected chi connectivity index (χ0v) is 17.4. The van der Waals surface area contributed by atoms with Crippen molar-refractivity contribution in [3.8, 4) is 0 Å². The fourth-order valence-corrected chi connectivity index (χ4v) is 2.01. The van der Waals surface area contributed by atoms with Crippen LogP contribution in [0.25, 0.3) is 0 Å². The van der Waals surface area contributed by atoms with Gasteiger partial charge in [0.15, 0.2) is 0 Å². The molecular weight excluding hydrogens is 435 g/mol. The number of ether oxygens (including phenoxy) is 1. The van der Waals surface area contributed by atoms with Crippen molar-refractivity contribution < 1.29 is 42.2 Å². The lowest BCUT2D eigenvalue weighted by molar-refractivity contribution is -0.192. The average molecular weight is 461 g/mol. The van der Waals surface area contributed by atoms with Gasteiger partial charge >= 0.3 is 18.1 Å². The van der Waals surface area contributed by atoms with E-state index in [1.54, 1.807) is 13.0 Å².